The summed E-state index contributed by atoms with van der Waals surface area (Å²) in [7, 11) is 1.47. The van der Waals surface area contributed by atoms with Crippen molar-refractivity contribution in [3.05, 3.63) is 48.0 Å². The van der Waals surface area contributed by atoms with E-state index in [1.165, 1.54) is 72.4 Å². The number of nitrogens with zero attached hydrogens (tertiary/aromatic N) is 1. The second kappa shape index (κ2) is 13.5. The van der Waals surface area contributed by atoms with Crippen LogP contribution in [-0.2, 0) is 15.3 Å². The molecule has 0 aromatic heterocycles. The summed E-state index contributed by atoms with van der Waals surface area (Å²) in [5.74, 6) is 1.77. The van der Waals surface area contributed by atoms with Crippen molar-refractivity contribution >= 4 is 52.6 Å². The maximum atomic E-state index is 12.3. The summed E-state index contributed by atoms with van der Waals surface area (Å²) in [6.07, 6.45) is 9.76. The molecule has 0 saturated carbocycles. The smallest absolute Gasteiger partial charge is 0.321 e. The van der Waals surface area contributed by atoms with Gasteiger partial charge in [0.15, 0.2) is 0 Å². The number of unbranched alkanes of at least 4 members (excludes halogenated alkanes) is 2. The van der Waals surface area contributed by atoms with Gasteiger partial charge in [-0.05, 0) is 68.2 Å². The van der Waals surface area contributed by atoms with Crippen molar-refractivity contribution in [1.82, 2.24) is 0 Å². The van der Waals surface area contributed by atoms with Crippen molar-refractivity contribution in [3.63, 3.8) is 0 Å². The van der Waals surface area contributed by atoms with Crippen LogP contribution < -0.4 is 4.90 Å². The molecule has 0 spiro atoms. The minimum Gasteiger partial charge on any atom is -0.468 e. The molecule has 1 aliphatic heterocycles. The third-order valence-electron chi connectivity index (χ3n) is 7.13. The number of para-hydroxylation sites is 1. The molecule has 0 bridgehead atoms. The number of hydrogen-bond acceptors (Lipinski definition) is 6. The molecule has 0 amide bonds. The fourth-order valence-electron chi connectivity index (χ4n) is 4.85. The number of anilines is 2. The SMILES string of the molecule is CCCCC1(CCCC)CSc2cc(CSC(C)(C)C(=O)OC)c(SC)cc2N(c2ccccc2)C1. The minimum atomic E-state index is -0.574. The molecule has 0 unspecified atom stereocenters. The first-order valence-corrected chi connectivity index (χ1v) is 16.4. The Kier molecular flexibility index (Phi) is 11.0. The summed E-state index contributed by atoms with van der Waals surface area (Å²) < 4.78 is 4.47. The highest BCUT2D eigenvalue weighted by atomic mass is 32.2. The Morgan fingerprint density at radius 3 is 2.36 bits per heavy atom. The van der Waals surface area contributed by atoms with E-state index >= 15 is 0 Å². The fraction of sp³-hybridized carbons (Fsp3) is 0.567. The first kappa shape index (κ1) is 29.3. The third-order valence-corrected chi connectivity index (χ3v) is 10.7. The van der Waals surface area contributed by atoms with Gasteiger partial charge in [0.1, 0.15) is 4.75 Å². The van der Waals surface area contributed by atoms with Crippen LogP contribution in [0.15, 0.2) is 52.3 Å². The standard InChI is InChI=1S/C30H43NO2S3/c1-7-9-16-30(17-10-8-2)21-31(24-14-12-11-13-15-24)25-19-26(34-6)23(18-27(25)35-22-30)20-36-29(3,4)28(32)33-5/h11-15,18-19H,7-10,16-17,20-22H2,1-6H3. The molecule has 36 heavy (non-hydrogen) atoms. The van der Waals surface area contributed by atoms with Crippen molar-refractivity contribution < 1.29 is 9.53 Å². The highest BCUT2D eigenvalue weighted by Crippen LogP contribution is 2.49. The maximum absolute atomic E-state index is 12.3. The Bertz CT molecular complexity index is 985. The third kappa shape index (κ3) is 7.20. The summed E-state index contributed by atoms with van der Waals surface area (Å²) in [5.41, 5.74) is 4.21. The van der Waals surface area contributed by atoms with Gasteiger partial charge in [0, 0.05) is 33.5 Å². The van der Waals surface area contributed by atoms with E-state index in [-0.39, 0.29) is 5.97 Å². The van der Waals surface area contributed by atoms with Crippen molar-refractivity contribution in [1.29, 1.82) is 0 Å². The molecule has 3 nitrogen and oxygen atoms in total. The van der Waals surface area contributed by atoms with Crippen LogP contribution in [0.25, 0.3) is 0 Å². The molecule has 0 saturated heterocycles. The minimum absolute atomic E-state index is 0.172. The highest BCUT2D eigenvalue weighted by molar-refractivity contribution is 8.01. The summed E-state index contributed by atoms with van der Waals surface area (Å²) in [6, 6.07) is 15.7. The summed E-state index contributed by atoms with van der Waals surface area (Å²) in [6.45, 7) is 9.59. The summed E-state index contributed by atoms with van der Waals surface area (Å²) in [4.78, 5) is 17.5. The van der Waals surface area contributed by atoms with Gasteiger partial charge >= 0.3 is 5.97 Å². The molecule has 0 N–H and O–H groups in total. The van der Waals surface area contributed by atoms with E-state index in [9.17, 15) is 4.79 Å². The number of methoxy groups -OCH3 is 1. The van der Waals surface area contributed by atoms with Gasteiger partial charge in [0.25, 0.3) is 0 Å². The lowest BCUT2D eigenvalue weighted by Crippen LogP contribution is -2.36. The van der Waals surface area contributed by atoms with Crippen LogP contribution in [0, 0.1) is 5.41 Å². The van der Waals surface area contributed by atoms with Crippen LogP contribution in [0.2, 0.25) is 0 Å². The maximum Gasteiger partial charge on any atom is 0.321 e. The van der Waals surface area contributed by atoms with Crippen LogP contribution in [0.3, 0.4) is 0 Å². The van der Waals surface area contributed by atoms with E-state index in [0.29, 0.717) is 5.41 Å². The first-order chi connectivity index (χ1) is 17.3. The number of hydrogen-bond donors (Lipinski definition) is 0. The molecular weight excluding hydrogens is 503 g/mol. The summed E-state index contributed by atoms with van der Waals surface area (Å²) >= 11 is 5.50. The van der Waals surface area contributed by atoms with Gasteiger partial charge in [-0.1, -0.05) is 57.7 Å². The molecule has 0 atom stereocenters. The molecule has 1 aliphatic rings. The molecular formula is C30H43NO2S3. The summed E-state index contributed by atoms with van der Waals surface area (Å²) in [5, 5.41) is 0. The number of carbonyl (C=O) groups excluding carboxylic acids is 1. The number of esters is 1. The largest absolute Gasteiger partial charge is 0.468 e. The van der Waals surface area contributed by atoms with Crippen molar-refractivity contribution in [2.45, 2.75) is 86.5 Å². The second-order valence-corrected chi connectivity index (χ2v) is 13.8. The molecule has 1 heterocycles. The van der Waals surface area contributed by atoms with E-state index in [0.717, 1.165) is 18.1 Å². The normalized spacial score (nSPS) is 15.3. The van der Waals surface area contributed by atoms with Gasteiger partial charge in [0.05, 0.1) is 12.8 Å². The van der Waals surface area contributed by atoms with Crippen molar-refractivity contribution in [2.75, 3.05) is 30.6 Å². The van der Waals surface area contributed by atoms with Crippen LogP contribution in [0.1, 0.15) is 71.8 Å². The van der Waals surface area contributed by atoms with Crippen LogP contribution in [0.5, 0.6) is 0 Å². The highest BCUT2D eigenvalue weighted by Gasteiger charge is 2.36. The first-order valence-electron chi connectivity index (χ1n) is 13.2. The lowest BCUT2D eigenvalue weighted by atomic mass is 9.79. The average Bonchev–Trinajstić information content (AvgIpc) is 3.06. The topological polar surface area (TPSA) is 29.5 Å². The van der Waals surface area contributed by atoms with E-state index in [4.69, 9.17) is 4.74 Å². The number of fused-ring (bicyclic) bond motifs is 1. The Labute approximate surface area is 231 Å². The molecule has 198 valence electrons. The zero-order chi connectivity index (χ0) is 26.2. The monoisotopic (exact) mass is 545 g/mol. The quantitative estimate of drug-likeness (QED) is 0.195. The van der Waals surface area contributed by atoms with Gasteiger partial charge in [-0.25, -0.2) is 0 Å². The molecule has 6 heteroatoms. The predicted molar refractivity (Wildman–Crippen MR) is 161 cm³/mol. The molecule has 2 aromatic rings. The van der Waals surface area contributed by atoms with Gasteiger partial charge in [-0.15, -0.1) is 35.3 Å². The van der Waals surface area contributed by atoms with Crippen molar-refractivity contribution in [2.24, 2.45) is 5.41 Å². The number of benzene rings is 2. The Hall–Kier alpha value is -1.24. The van der Waals surface area contributed by atoms with Gasteiger partial charge in [-0.3, -0.25) is 4.79 Å². The van der Waals surface area contributed by atoms with E-state index < -0.39 is 4.75 Å². The average molecular weight is 546 g/mol. The van der Waals surface area contributed by atoms with Gasteiger partial charge < -0.3 is 9.64 Å². The molecule has 0 fully saturated rings. The Balaban J connectivity index is 2.04. The predicted octanol–water partition coefficient (Wildman–Crippen LogP) is 9.20. The number of thioether (sulfide) groups is 3. The van der Waals surface area contributed by atoms with E-state index in [1.807, 2.05) is 25.6 Å². The lowest BCUT2D eigenvalue weighted by molar-refractivity contribution is -0.142. The Morgan fingerprint density at radius 2 is 1.78 bits per heavy atom. The second-order valence-electron chi connectivity index (χ2n) is 10.3. The molecule has 3 rings (SSSR count). The molecule has 2 aromatic carbocycles. The van der Waals surface area contributed by atoms with Gasteiger partial charge in [-0.2, -0.15) is 0 Å². The van der Waals surface area contributed by atoms with E-state index in [2.05, 4.69) is 67.5 Å². The number of rotatable bonds is 12. The van der Waals surface area contributed by atoms with Crippen LogP contribution in [0.4, 0.5) is 11.4 Å². The fourth-order valence-corrected chi connectivity index (χ4v) is 7.90. The van der Waals surface area contributed by atoms with Gasteiger partial charge in [0.2, 0.25) is 0 Å². The zero-order valence-corrected chi connectivity index (χ0v) is 25.3. The molecule has 0 radical (unpaired) electrons. The zero-order valence-electron chi connectivity index (χ0n) is 22.9. The van der Waals surface area contributed by atoms with Crippen LogP contribution in [-0.4, -0.2) is 36.4 Å². The number of ether oxygens (including phenoxy) is 1. The molecule has 0 aliphatic carbocycles. The van der Waals surface area contributed by atoms with Crippen molar-refractivity contribution in [3.8, 4) is 0 Å². The number of carbonyl (C=O) groups is 1. The lowest BCUT2D eigenvalue weighted by Gasteiger charge is -2.37. The Morgan fingerprint density at radius 1 is 1.11 bits per heavy atom. The van der Waals surface area contributed by atoms with Crippen LogP contribution >= 0.6 is 35.3 Å². The van der Waals surface area contributed by atoms with E-state index in [1.54, 1.807) is 23.5 Å².